The van der Waals surface area contributed by atoms with Gasteiger partial charge in [-0.2, -0.15) is 5.26 Å². The van der Waals surface area contributed by atoms with Gasteiger partial charge in [0.2, 0.25) is 0 Å². The van der Waals surface area contributed by atoms with Crippen LogP contribution in [0.4, 0.5) is 5.69 Å². The molecule has 0 aliphatic rings. The largest absolute Gasteiger partial charge is 0.489 e. The molecular formula is C22H19N3O3. The summed E-state index contributed by atoms with van der Waals surface area (Å²) in [5.74, 6) is 0.956. The number of carbonyl (C=O) groups excluding carboxylic acids is 1. The second-order valence-corrected chi connectivity index (χ2v) is 6.15. The molecule has 0 unspecified atom stereocenters. The number of rotatable bonds is 6. The van der Waals surface area contributed by atoms with Gasteiger partial charge in [-0.15, -0.1) is 0 Å². The summed E-state index contributed by atoms with van der Waals surface area (Å²) in [4.78, 5) is 12.3. The molecule has 0 radical (unpaired) electrons. The zero-order valence-electron chi connectivity index (χ0n) is 15.6. The average Bonchev–Trinajstić information content (AvgIpc) is 3.03. The number of benzene rings is 2. The Kier molecular flexibility index (Phi) is 5.87. The minimum atomic E-state index is -0.451. The van der Waals surface area contributed by atoms with Crippen LogP contribution in [0, 0.1) is 25.2 Å². The van der Waals surface area contributed by atoms with Crippen LogP contribution < -0.4 is 10.1 Å². The highest BCUT2D eigenvalue weighted by atomic mass is 16.5. The molecule has 0 saturated heterocycles. The highest BCUT2D eigenvalue weighted by Gasteiger charge is 2.11. The smallest absolute Gasteiger partial charge is 0.266 e. The van der Waals surface area contributed by atoms with Crippen molar-refractivity contribution in [3.8, 4) is 11.8 Å². The van der Waals surface area contributed by atoms with Crippen molar-refractivity contribution < 1.29 is 14.1 Å². The number of para-hydroxylation sites is 1. The minimum absolute atomic E-state index is 0.0215. The predicted molar refractivity (Wildman–Crippen MR) is 105 cm³/mol. The lowest BCUT2D eigenvalue weighted by Crippen LogP contribution is -2.13. The summed E-state index contributed by atoms with van der Waals surface area (Å²) in [6.07, 6.45) is 1.54. The van der Waals surface area contributed by atoms with Gasteiger partial charge in [0.25, 0.3) is 5.91 Å². The van der Waals surface area contributed by atoms with E-state index < -0.39 is 5.91 Å². The molecule has 1 N–H and O–H groups in total. The molecule has 6 heteroatoms. The van der Waals surface area contributed by atoms with Crippen LogP contribution in [-0.2, 0) is 11.4 Å². The second kappa shape index (κ2) is 8.69. The lowest BCUT2D eigenvalue weighted by Gasteiger charge is -2.06. The Balaban J connectivity index is 1.66. The van der Waals surface area contributed by atoms with Crippen molar-refractivity contribution in [2.45, 2.75) is 20.5 Å². The number of hydrogen-bond donors (Lipinski definition) is 1. The molecule has 1 amide bonds. The molecule has 0 saturated carbocycles. The first-order chi connectivity index (χ1) is 13.6. The summed E-state index contributed by atoms with van der Waals surface area (Å²) >= 11 is 0. The van der Waals surface area contributed by atoms with Crippen molar-refractivity contribution in [2.75, 3.05) is 5.32 Å². The van der Waals surface area contributed by atoms with E-state index in [1.165, 1.54) is 6.08 Å². The summed E-state index contributed by atoms with van der Waals surface area (Å²) in [6, 6.07) is 18.1. The van der Waals surface area contributed by atoms with Gasteiger partial charge in [-0.05, 0) is 49.8 Å². The molecule has 3 aromatic rings. The standard InChI is InChI=1S/C22H19N3O3/c1-15-21(16(2)28-25-15)14-27-20-10-8-17(9-11-20)12-18(13-23)22(26)24-19-6-4-3-5-7-19/h3-12H,14H2,1-2H3,(H,24,26)/b18-12+. The molecule has 3 rings (SSSR count). The van der Waals surface area contributed by atoms with Crippen LogP contribution in [0.2, 0.25) is 0 Å². The molecule has 2 aromatic carbocycles. The number of ether oxygens (including phenoxy) is 1. The van der Waals surface area contributed by atoms with Gasteiger partial charge in [-0.3, -0.25) is 4.79 Å². The maximum atomic E-state index is 12.3. The maximum absolute atomic E-state index is 12.3. The summed E-state index contributed by atoms with van der Waals surface area (Å²) in [5, 5.41) is 15.9. The van der Waals surface area contributed by atoms with E-state index in [0.717, 1.165) is 22.6 Å². The van der Waals surface area contributed by atoms with Gasteiger partial charge in [0.15, 0.2) is 0 Å². The maximum Gasteiger partial charge on any atom is 0.266 e. The Hall–Kier alpha value is -3.85. The number of nitrogens with one attached hydrogen (secondary N) is 1. The Morgan fingerprint density at radius 1 is 1.18 bits per heavy atom. The molecule has 0 bridgehead atoms. The van der Waals surface area contributed by atoms with E-state index in [0.29, 0.717) is 18.0 Å². The van der Waals surface area contributed by atoms with Crippen LogP contribution in [0.5, 0.6) is 5.75 Å². The number of aromatic nitrogens is 1. The molecule has 0 aliphatic heterocycles. The van der Waals surface area contributed by atoms with Crippen molar-refractivity contribution in [2.24, 2.45) is 0 Å². The number of nitriles is 1. The quantitative estimate of drug-likeness (QED) is 0.510. The predicted octanol–water partition coefficient (Wildman–Crippen LogP) is 4.42. The fourth-order valence-electron chi connectivity index (χ4n) is 2.56. The van der Waals surface area contributed by atoms with Crippen LogP contribution in [0.15, 0.2) is 64.7 Å². The highest BCUT2D eigenvalue weighted by Crippen LogP contribution is 2.19. The number of nitrogens with zero attached hydrogens (tertiary/aromatic N) is 2. The first-order valence-electron chi connectivity index (χ1n) is 8.69. The highest BCUT2D eigenvalue weighted by molar-refractivity contribution is 6.09. The zero-order valence-corrected chi connectivity index (χ0v) is 15.6. The van der Waals surface area contributed by atoms with Crippen molar-refractivity contribution in [3.05, 3.63) is 82.8 Å². The minimum Gasteiger partial charge on any atom is -0.489 e. The van der Waals surface area contributed by atoms with Gasteiger partial charge < -0.3 is 14.6 Å². The van der Waals surface area contributed by atoms with Crippen molar-refractivity contribution in [3.63, 3.8) is 0 Å². The Morgan fingerprint density at radius 3 is 2.50 bits per heavy atom. The van der Waals surface area contributed by atoms with Crippen LogP contribution in [-0.4, -0.2) is 11.1 Å². The van der Waals surface area contributed by atoms with Gasteiger partial charge >= 0.3 is 0 Å². The lowest BCUT2D eigenvalue weighted by molar-refractivity contribution is -0.112. The summed E-state index contributed by atoms with van der Waals surface area (Å²) in [7, 11) is 0. The zero-order chi connectivity index (χ0) is 19.9. The normalized spacial score (nSPS) is 11.0. The topological polar surface area (TPSA) is 88.2 Å². The van der Waals surface area contributed by atoms with Crippen molar-refractivity contribution in [1.82, 2.24) is 5.16 Å². The number of carbonyl (C=O) groups is 1. The van der Waals surface area contributed by atoms with Crippen molar-refractivity contribution in [1.29, 1.82) is 5.26 Å². The van der Waals surface area contributed by atoms with Crippen LogP contribution in [0.1, 0.15) is 22.6 Å². The number of hydrogen-bond acceptors (Lipinski definition) is 5. The molecule has 1 aromatic heterocycles. The molecule has 28 heavy (non-hydrogen) atoms. The fourth-order valence-corrected chi connectivity index (χ4v) is 2.56. The lowest BCUT2D eigenvalue weighted by atomic mass is 10.1. The molecule has 1 heterocycles. The third kappa shape index (κ3) is 4.65. The first kappa shape index (κ1) is 18.9. The van der Waals surface area contributed by atoms with Gasteiger partial charge in [0.05, 0.1) is 11.3 Å². The van der Waals surface area contributed by atoms with E-state index >= 15 is 0 Å². The van der Waals surface area contributed by atoms with E-state index in [9.17, 15) is 10.1 Å². The Bertz CT molecular complexity index is 1010. The van der Waals surface area contributed by atoms with E-state index in [1.54, 1.807) is 36.4 Å². The SMILES string of the molecule is Cc1noc(C)c1COc1ccc(/C=C(\C#N)C(=O)Nc2ccccc2)cc1. The molecule has 140 valence electrons. The third-order valence-electron chi connectivity index (χ3n) is 4.15. The Labute approximate surface area is 163 Å². The van der Waals surface area contributed by atoms with E-state index in [4.69, 9.17) is 9.26 Å². The molecule has 0 aliphatic carbocycles. The van der Waals surface area contributed by atoms with Crippen LogP contribution >= 0.6 is 0 Å². The molecular weight excluding hydrogens is 354 g/mol. The number of aryl methyl sites for hydroxylation is 2. The molecule has 0 atom stereocenters. The van der Waals surface area contributed by atoms with Crippen LogP contribution in [0.25, 0.3) is 6.08 Å². The second-order valence-electron chi connectivity index (χ2n) is 6.15. The molecule has 6 nitrogen and oxygen atoms in total. The van der Waals surface area contributed by atoms with Gasteiger partial charge in [-0.1, -0.05) is 35.5 Å². The van der Waals surface area contributed by atoms with E-state index in [-0.39, 0.29) is 5.57 Å². The third-order valence-corrected chi connectivity index (χ3v) is 4.15. The van der Waals surface area contributed by atoms with E-state index in [1.807, 2.05) is 38.1 Å². The van der Waals surface area contributed by atoms with Gasteiger partial charge in [0, 0.05) is 5.69 Å². The molecule has 0 fully saturated rings. The summed E-state index contributed by atoms with van der Waals surface area (Å²) in [6.45, 7) is 4.07. The summed E-state index contributed by atoms with van der Waals surface area (Å²) in [5.41, 5.74) is 3.11. The van der Waals surface area contributed by atoms with Crippen molar-refractivity contribution >= 4 is 17.7 Å². The number of anilines is 1. The van der Waals surface area contributed by atoms with Gasteiger partial charge in [-0.25, -0.2) is 0 Å². The van der Waals surface area contributed by atoms with Gasteiger partial charge in [0.1, 0.15) is 29.8 Å². The fraction of sp³-hybridized carbons (Fsp3) is 0.136. The first-order valence-corrected chi connectivity index (χ1v) is 8.69. The average molecular weight is 373 g/mol. The molecule has 0 spiro atoms. The summed E-state index contributed by atoms with van der Waals surface area (Å²) < 4.78 is 10.9. The number of amides is 1. The van der Waals surface area contributed by atoms with E-state index in [2.05, 4.69) is 10.5 Å². The Morgan fingerprint density at radius 2 is 1.89 bits per heavy atom. The van der Waals surface area contributed by atoms with Crippen LogP contribution in [0.3, 0.4) is 0 Å². The monoisotopic (exact) mass is 373 g/mol.